The fourth-order valence-corrected chi connectivity index (χ4v) is 7.13. The maximum Gasteiger partial charge on any atom is 0.416 e. The Morgan fingerprint density at radius 3 is 2.15 bits per heavy atom. The van der Waals surface area contributed by atoms with E-state index in [9.17, 15) is 21.6 Å². The zero-order valence-corrected chi connectivity index (χ0v) is 21.8. The van der Waals surface area contributed by atoms with Crippen molar-refractivity contribution in [1.82, 2.24) is 8.87 Å². The summed E-state index contributed by atoms with van der Waals surface area (Å²) in [6.45, 7) is 2.66. The Hall–Kier alpha value is -3.82. The number of hydrogen-bond acceptors (Lipinski definition) is 4. The molecule has 1 aliphatic rings. The number of hydrogen-bond donors (Lipinski definition) is 0. The van der Waals surface area contributed by atoms with Crippen LogP contribution in [0.3, 0.4) is 0 Å². The number of alkyl halides is 3. The Bertz CT molecular complexity index is 1770. The molecule has 6 rings (SSSR count). The second kappa shape index (κ2) is 9.73. The van der Waals surface area contributed by atoms with Crippen molar-refractivity contribution in [2.24, 2.45) is 0 Å². The van der Waals surface area contributed by atoms with Gasteiger partial charge in [0.15, 0.2) is 0 Å². The molecule has 1 fully saturated rings. The molecular weight excluding hydrogens is 523 g/mol. The van der Waals surface area contributed by atoms with E-state index in [1.807, 2.05) is 65.6 Å². The summed E-state index contributed by atoms with van der Waals surface area (Å²) in [7, 11) is -3.93. The van der Waals surface area contributed by atoms with E-state index in [1.165, 1.54) is 16.1 Å². The van der Waals surface area contributed by atoms with Crippen LogP contribution in [0.5, 0.6) is 0 Å². The van der Waals surface area contributed by atoms with E-state index in [2.05, 4.69) is 4.90 Å². The van der Waals surface area contributed by atoms with Crippen LogP contribution in [0.25, 0.3) is 21.7 Å². The molecule has 9 heteroatoms. The highest BCUT2D eigenvalue weighted by Crippen LogP contribution is 2.33. The molecule has 5 aromatic rings. The molecule has 0 saturated carbocycles. The summed E-state index contributed by atoms with van der Waals surface area (Å²) in [5.41, 5.74) is 1.14. The van der Waals surface area contributed by atoms with Gasteiger partial charge in [-0.05, 0) is 41.8 Å². The van der Waals surface area contributed by atoms with Crippen LogP contribution in [0.4, 0.5) is 18.9 Å². The summed E-state index contributed by atoms with van der Waals surface area (Å²) >= 11 is 0. The van der Waals surface area contributed by atoms with Gasteiger partial charge in [-0.3, -0.25) is 4.90 Å². The number of nitrogens with zero attached hydrogens (tertiary/aromatic N) is 3. The van der Waals surface area contributed by atoms with Gasteiger partial charge in [-0.25, -0.2) is 12.4 Å². The number of benzene rings is 4. The lowest BCUT2D eigenvalue weighted by Crippen LogP contribution is -2.46. The van der Waals surface area contributed by atoms with E-state index in [1.54, 1.807) is 18.2 Å². The first-order valence-electron chi connectivity index (χ1n) is 12.7. The fraction of sp³-hybridized carbons (Fsp3) is 0.200. The number of fused-ring (bicyclic) bond motifs is 2. The average molecular weight is 550 g/mol. The molecule has 0 bridgehead atoms. The molecule has 0 spiro atoms. The molecule has 0 unspecified atom stereocenters. The van der Waals surface area contributed by atoms with E-state index in [-0.39, 0.29) is 4.90 Å². The molecule has 0 N–H and O–H groups in total. The second-order valence-corrected chi connectivity index (χ2v) is 11.5. The van der Waals surface area contributed by atoms with Gasteiger partial charge in [0.05, 0.1) is 16.0 Å². The lowest BCUT2D eigenvalue weighted by molar-refractivity contribution is -0.137. The third-order valence-corrected chi connectivity index (χ3v) is 9.13. The lowest BCUT2D eigenvalue weighted by atomic mass is 10.1. The van der Waals surface area contributed by atoms with Crippen LogP contribution in [-0.4, -0.2) is 43.5 Å². The number of piperazine rings is 1. The highest BCUT2D eigenvalue weighted by Gasteiger charge is 2.31. The minimum absolute atomic E-state index is 0.248. The molecule has 5 nitrogen and oxygen atoms in total. The summed E-state index contributed by atoms with van der Waals surface area (Å²) in [4.78, 5) is 4.33. The summed E-state index contributed by atoms with van der Waals surface area (Å²) in [5.74, 6) is 0. The van der Waals surface area contributed by atoms with E-state index < -0.39 is 21.8 Å². The number of anilines is 1. The van der Waals surface area contributed by atoms with Gasteiger partial charge in [0.25, 0.3) is 10.0 Å². The van der Waals surface area contributed by atoms with Gasteiger partial charge in [0.2, 0.25) is 0 Å². The smallest absolute Gasteiger partial charge is 0.369 e. The van der Waals surface area contributed by atoms with Crippen molar-refractivity contribution in [2.75, 3.05) is 31.1 Å². The van der Waals surface area contributed by atoms with E-state index in [4.69, 9.17) is 0 Å². The van der Waals surface area contributed by atoms with Gasteiger partial charge in [0.1, 0.15) is 0 Å². The van der Waals surface area contributed by atoms with Gasteiger partial charge in [-0.15, -0.1) is 0 Å². The van der Waals surface area contributed by atoms with Gasteiger partial charge >= 0.3 is 6.18 Å². The van der Waals surface area contributed by atoms with E-state index >= 15 is 0 Å². The largest absolute Gasteiger partial charge is 0.416 e. The fourth-order valence-electron chi connectivity index (χ4n) is 5.37. The van der Waals surface area contributed by atoms with Crippen LogP contribution < -0.4 is 4.90 Å². The monoisotopic (exact) mass is 549 g/mol. The highest BCUT2D eigenvalue weighted by atomic mass is 32.2. The first kappa shape index (κ1) is 25.5. The van der Waals surface area contributed by atoms with Crippen molar-refractivity contribution in [1.29, 1.82) is 0 Å². The molecule has 1 aromatic heterocycles. The number of aromatic nitrogens is 1. The first-order chi connectivity index (χ1) is 18.7. The molecule has 0 amide bonds. The molecule has 0 atom stereocenters. The first-order valence-corrected chi connectivity index (χ1v) is 14.1. The lowest BCUT2D eigenvalue weighted by Gasteiger charge is -2.36. The molecular formula is C30H26F3N3O2S. The molecule has 200 valence electrons. The van der Waals surface area contributed by atoms with Crippen LogP contribution in [0.15, 0.2) is 102 Å². The number of halogens is 3. The van der Waals surface area contributed by atoms with Crippen molar-refractivity contribution >= 4 is 37.4 Å². The van der Waals surface area contributed by atoms with Crippen molar-refractivity contribution in [3.8, 4) is 0 Å². The number of para-hydroxylation sites is 1. The third-order valence-electron chi connectivity index (χ3n) is 7.30. The molecule has 0 aliphatic carbocycles. The Morgan fingerprint density at radius 1 is 0.718 bits per heavy atom. The predicted octanol–water partition coefficient (Wildman–Crippen LogP) is 6.37. The zero-order chi connectivity index (χ0) is 27.2. The third kappa shape index (κ3) is 4.77. The van der Waals surface area contributed by atoms with E-state index in [0.717, 1.165) is 16.8 Å². The van der Waals surface area contributed by atoms with Crippen LogP contribution >= 0.6 is 0 Å². The highest BCUT2D eigenvalue weighted by molar-refractivity contribution is 7.90. The van der Waals surface area contributed by atoms with Crippen LogP contribution in [0.1, 0.15) is 11.3 Å². The minimum Gasteiger partial charge on any atom is -0.369 e. The van der Waals surface area contributed by atoms with Crippen molar-refractivity contribution < 1.29 is 21.6 Å². The molecule has 2 heterocycles. The Labute approximate surface area is 224 Å². The quantitative estimate of drug-likeness (QED) is 0.256. The molecule has 1 aliphatic heterocycles. The summed E-state index contributed by atoms with van der Waals surface area (Å²) in [6.07, 6.45) is -4.39. The predicted molar refractivity (Wildman–Crippen MR) is 147 cm³/mol. The van der Waals surface area contributed by atoms with Gasteiger partial charge in [-0.1, -0.05) is 60.7 Å². The average Bonchev–Trinajstić information content (AvgIpc) is 3.31. The van der Waals surface area contributed by atoms with Crippen molar-refractivity contribution in [3.63, 3.8) is 0 Å². The summed E-state index contributed by atoms with van der Waals surface area (Å²) < 4.78 is 69.4. The summed E-state index contributed by atoms with van der Waals surface area (Å²) in [6, 6.07) is 27.5. The minimum atomic E-state index is -4.39. The van der Waals surface area contributed by atoms with Gasteiger partial charge < -0.3 is 4.90 Å². The molecule has 39 heavy (non-hydrogen) atoms. The van der Waals surface area contributed by atoms with Crippen LogP contribution in [-0.2, 0) is 22.7 Å². The molecule has 0 radical (unpaired) electrons. The van der Waals surface area contributed by atoms with Gasteiger partial charge in [-0.2, -0.15) is 13.2 Å². The van der Waals surface area contributed by atoms with Crippen molar-refractivity contribution in [2.45, 2.75) is 17.6 Å². The van der Waals surface area contributed by atoms with E-state index in [0.29, 0.717) is 55.0 Å². The number of rotatable bonds is 5. The summed E-state index contributed by atoms with van der Waals surface area (Å²) in [5, 5.41) is 2.35. The Morgan fingerprint density at radius 2 is 1.38 bits per heavy atom. The van der Waals surface area contributed by atoms with Crippen molar-refractivity contribution in [3.05, 3.63) is 108 Å². The molecule has 1 saturated heterocycles. The zero-order valence-electron chi connectivity index (χ0n) is 21.0. The van der Waals surface area contributed by atoms with Crippen LogP contribution in [0.2, 0.25) is 0 Å². The van der Waals surface area contributed by atoms with Crippen LogP contribution in [0, 0.1) is 0 Å². The Kier molecular flexibility index (Phi) is 6.35. The Balaban J connectivity index is 1.30. The second-order valence-electron chi connectivity index (χ2n) is 9.75. The van der Waals surface area contributed by atoms with Gasteiger partial charge in [0, 0.05) is 54.9 Å². The standard InChI is InChI=1S/C30H26F3N3O2S/c31-30(32,33)24-10-6-11-25(20-24)35-17-15-34(16-18-35)21-26-19-23-8-2-4-13-28(23)36(26)39(37,38)29-14-5-9-22-7-1-3-12-27(22)29/h1-14,19-20H,15-18,21H2. The SMILES string of the molecule is O=S(=O)(c1cccc2ccccc12)n1c(CN2CCN(c3cccc(C(F)(F)F)c3)CC2)cc2ccccc21. The molecule has 4 aromatic carbocycles. The maximum absolute atomic E-state index is 14.2. The normalized spacial score (nSPS) is 15.3. The topological polar surface area (TPSA) is 45.6 Å². The maximum atomic E-state index is 14.2.